The molecule has 2 aromatic rings. The van der Waals surface area contributed by atoms with Gasteiger partial charge in [0, 0.05) is 5.02 Å². The zero-order valence-corrected chi connectivity index (χ0v) is 13.4. The van der Waals surface area contributed by atoms with Crippen LogP contribution in [0.5, 0.6) is 0 Å². The summed E-state index contributed by atoms with van der Waals surface area (Å²) in [6.45, 7) is 0.0115. The second-order valence-electron chi connectivity index (χ2n) is 4.00. The fraction of sp³-hybridized carbons (Fsp3) is 0.0769. The minimum atomic E-state index is -0.759. The first-order valence-corrected chi connectivity index (χ1v) is 7.13. The Labute approximate surface area is 140 Å². The molecule has 0 bridgehead atoms. The molecule has 0 atom stereocenters. The van der Waals surface area contributed by atoms with Crippen molar-refractivity contribution >= 4 is 58.1 Å². The first-order chi connectivity index (χ1) is 9.90. The molecule has 4 nitrogen and oxygen atoms in total. The van der Waals surface area contributed by atoms with E-state index in [4.69, 9.17) is 56.9 Å². The third-order valence-corrected chi connectivity index (χ3v) is 3.89. The zero-order chi connectivity index (χ0) is 15.6. The van der Waals surface area contributed by atoms with Crippen LogP contribution >= 0.6 is 46.4 Å². The summed E-state index contributed by atoms with van der Waals surface area (Å²) in [6, 6.07) is 6.89. The van der Waals surface area contributed by atoms with Crippen LogP contribution in [0, 0.1) is 0 Å². The van der Waals surface area contributed by atoms with Gasteiger partial charge in [-0.15, -0.1) is 0 Å². The number of hydrogen-bond donors (Lipinski definition) is 1. The lowest BCUT2D eigenvalue weighted by atomic mass is 10.2. The average Bonchev–Trinajstić information content (AvgIpc) is 2.46. The van der Waals surface area contributed by atoms with Crippen LogP contribution in [0.2, 0.25) is 20.2 Å². The van der Waals surface area contributed by atoms with Crippen molar-refractivity contribution in [3.8, 4) is 0 Å². The van der Waals surface area contributed by atoms with Crippen LogP contribution in [-0.4, -0.2) is 11.0 Å². The first-order valence-electron chi connectivity index (χ1n) is 5.61. The van der Waals surface area contributed by atoms with Crippen LogP contribution in [-0.2, 0) is 11.3 Å². The highest BCUT2D eigenvalue weighted by atomic mass is 35.5. The lowest BCUT2D eigenvalue weighted by Gasteiger charge is -2.09. The molecule has 1 aromatic carbocycles. The van der Waals surface area contributed by atoms with Gasteiger partial charge >= 0.3 is 5.97 Å². The molecule has 0 aliphatic rings. The van der Waals surface area contributed by atoms with E-state index < -0.39 is 5.97 Å². The largest absolute Gasteiger partial charge is 0.456 e. The van der Waals surface area contributed by atoms with Gasteiger partial charge in [-0.1, -0.05) is 58.5 Å². The molecule has 8 heteroatoms. The number of carbonyl (C=O) groups is 1. The summed E-state index contributed by atoms with van der Waals surface area (Å²) in [5.41, 5.74) is 6.15. The minimum absolute atomic E-state index is 0.00643. The molecule has 0 saturated heterocycles. The Bertz CT molecular complexity index is 707. The number of benzene rings is 1. The Morgan fingerprint density at radius 2 is 1.90 bits per heavy atom. The number of nitrogens with zero attached hydrogens (tertiary/aromatic N) is 1. The Hall–Kier alpha value is -1.20. The van der Waals surface area contributed by atoms with Gasteiger partial charge in [0.25, 0.3) is 0 Å². The molecule has 0 radical (unpaired) electrons. The van der Waals surface area contributed by atoms with E-state index >= 15 is 0 Å². The standard InChI is InChI=1S/C13H8Cl4N2O2/c14-7-3-1-2-6(4-7)5-21-13(20)11-8(15)10(18)9(16)12(17)19-11/h1-4H,5H2,(H2,18,19). The van der Waals surface area contributed by atoms with Crippen molar-refractivity contribution in [1.82, 2.24) is 4.98 Å². The van der Waals surface area contributed by atoms with Gasteiger partial charge in [0.15, 0.2) is 10.8 Å². The van der Waals surface area contributed by atoms with Gasteiger partial charge in [0.05, 0.1) is 10.7 Å². The van der Waals surface area contributed by atoms with Crippen LogP contribution in [0.1, 0.15) is 16.1 Å². The normalized spacial score (nSPS) is 10.5. The van der Waals surface area contributed by atoms with E-state index in [1.807, 2.05) is 0 Å². The van der Waals surface area contributed by atoms with Crippen molar-refractivity contribution in [2.75, 3.05) is 5.73 Å². The van der Waals surface area contributed by atoms with Crippen molar-refractivity contribution in [2.24, 2.45) is 0 Å². The molecule has 0 aliphatic carbocycles. The summed E-state index contributed by atoms with van der Waals surface area (Å²) in [7, 11) is 0. The molecule has 2 N–H and O–H groups in total. The summed E-state index contributed by atoms with van der Waals surface area (Å²) in [6.07, 6.45) is 0. The van der Waals surface area contributed by atoms with Gasteiger partial charge in [-0.25, -0.2) is 9.78 Å². The topological polar surface area (TPSA) is 65.2 Å². The van der Waals surface area contributed by atoms with E-state index in [1.54, 1.807) is 24.3 Å². The third kappa shape index (κ3) is 3.71. The van der Waals surface area contributed by atoms with Crippen molar-refractivity contribution < 1.29 is 9.53 Å². The van der Waals surface area contributed by atoms with E-state index in [1.165, 1.54) is 0 Å². The maximum atomic E-state index is 12.0. The van der Waals surface area contributed by atoms with E-state index in [0.29, 0.717) is 5.02 Å². The Balaban J connectivity index is 2.18. The maximum absolute atomic E-state index is 12.0. The second kappa shape index (κ2) is 6.71. The molecule has 0 spiro atoms. The van der Waals surface area contributed by atoms with Gasteiger partial charge in [-0.2, -0.15) is 0 Å². The van der Waals surface area contributed by atoms with Gasteiger partial charge in [0.2, 0.25) is 0 Å². The van der Waals surface area contributed by atoms with Crippen molar-refractivity contribution in [3.63, 3.8) is 0 Å². The second-order valence-corrected chi connectivity index (χ2v) is 5.55. The average molecular weight is 366 g/mol. The number of esters is 1. The fourth-order valence-electron chi connectivity index (χ4n) is 1.51. The molecule has 110 valence electrons. The Morgan fingerprint density at radius 3 is 2.57 bits per heavy atom. The molecule has 0 fully saturated rings. The van der Waals surface area contributed by atoms with Gasteiger partial charge in [-0.05, 0) is 17.7 Å². The number of ether oxygens (including phenoxy) is 1. The van der Waals surface area contributed by atoms with Crippen LogP contribution in [0.4, 0.5) is 5.69 Å². The number of carbonyl (C=O) groups excluding carboxylic acids is 1. The lowest BCUT2D eigenvalue weighted by Crippen LogP contribution is -2.10. The third-order valence-electron chi connectivity index (χ3n) is 2.52. The highest BCUT2D eigenvalue weighted by Crippen LogP contribution is 2.34. The molecule has 0 unspecified atom stereocenters. The number of rotatable bonds is 3. The molecule has 21 heavy (non-hydrogen) atoms. The van der Waals surface area contributed by atoms with Crippen LogP contribution in [0.3, 0.4) is 0 Å². The monoisotopic (exact) mass is 364 g/mol. The number of halogens is 4. The number of aromatic nitrogens is 1. The molecule has 1 aromatic heterocycles. The van der Waals surface area contributed by atoms with Gasteiger partial charge < -0.3 is 10.5 Å². The molecular weight excluding hydrogens is 358 g/mol. The molecule has 2 rings (SSSR count). The van der Waals surface area contributed by atoms with Crippen molar-refractivity contribution in [3.05, 3.63) is 55.7 Å². The summed E-state index contributed by atoms with van der Waals surface area (Å²) in [5, 5.41) is 0.320. The number of anilines is 1. The molecule has 0 saturated carbocycles. The maximum Gasteiger partial charge on any atom is 0.358 e. The van der Waals surface area contributed by atoms with E-state index in [2.05, 4.69) is 4.98 Å². The highest BCUT2D eigenvalue weighted by Gasteiger charge is 2.20. The van der Waals surface area contributed by atoms with Crippen molar-refractivity contribution in [1.29, 1.82) is 0 Å². The van der Waals surface area contributed by atoms with Crippen LogP contribution in [0.25, 0.3) is 0 Å². The summed E-state index contributed by atoms with van der Waals surface area (Å²) in [4.78, 5) is 15.8. The van der Waals surface area contributed by atoms with E-state index in [-0.39, 0.29) is 33.2 Å². The Morgan fingerprint density at radius 1 is 1.19 bits per heavy atom. The minimum Gasteiger partial charge on any atom is -0.456 e. The van der Waals surface area contributed by atoms with Crippen molar-refractivity contribution in [2.45, 2.75) is 6.61 Å². The number of nitrogen functional groups attached to an aromatic ring is 1. The van der Waals surface area contributed by atoms with Crippen LogP contribution < -0.4 is 5.73 Å². The zero-order valence-electron chi connectivity index (χ0n) is 10.4. The fourth-order valence-corrected chi connectivity index (χ4v) is 2.31. The highest BCUT2D eigenvalue weighted by molar-refractivity contribution is 6.46. The number of nitrogens with two attached hydrogens (primary N) is 1. The molecule has 0 amide bonds. The lowest BCUT2D eigenvalue weighted by molar-refractivity contribution is 0.0466. The number of hydrogen-bond acceptors (Lipinski definition) is 4. The van der Waals surface area contributed by atoms with E-state index in [9.17, 15) is 4.79 Å². The van der Waals surface area contributed by atoms with Gasteiger partial charge in [-0.3, -0.25) is 0 Å². The van der Waals surface area contributed by atoms with E-state index in [0.717, 1.165) is 5.56 Å². The summed E-state index contributed by atoms with van der Waals surface area (Å²) >= 11 is 23.3. The van der Waals surface area contributed by atoms with Gasteiger partial charge in [0.1, 0.15) is 11.6 Å². The molecular formula is C13H8Cl4N2O2. The molecule has 1 heterocycles. The first kappa shape index (κ1) is 16.2. The molecule has 0 aliphatic heterocycles. The SMILES string of the molecule is Nc1c(Cl)c(Cl)nc(C(=O)OCc2cccc(Cl)c2)c1Cl. The quantitative estimate of drug-likeness (QED) is 0.635. The Kier molecular flexibility index (Phi) is 5.17. The smallest absolute Gasteiger partial charge is 0.358 e. The predicted molar refractivity (Wildman–Crippen MR) is 84.3 cm³/mol. The predicted octanol–water partition coefficient (Wildman–Crippen LogP) is 4.63. The van der Waals surface area contributed by atoms with Crippen LogP contribution in [0.15, 0.2) is 24.3 Å². The number of pyridine rings is 1. The summed E-state index contributed by atoms with van der Waals surface area (Å²) in [5.74, 6) is -0.759. The summed E-state index contributed by atoms with van der Waals surface area (Å²) < 4.78 is 5.10.